The summed E-state index contributed by atoms with van der Waals surface area (Å²) in [6.45, 7) is 6.34. The molecule has 0 radical (unpaired) electrons. The fourth-order valence-electron chi connectivity index (χ4n) is 1.37. The average Bonchev–Trinajstić information content (AvgIpc) is 2.19. The average molecular weight is 246 g/mol. The first-order valence-corrected chi connectivity index (χ1v) is 5.77. The van der Waals surface area contributed by atoms with Crippen molar-refractivity contribution >= 4 is 17.5 Å². The van der Waals surface area contributed by atoms with Crippen LogP contribution in [-0.4, -0.2) is 21.9 Å². The Kier molecular flexibility index (Phi) is 4.47. The van der Waals surface area contributed by atoms with Gasteiger partial charge in [-0.2, -0.15) is 0 Å². The van der Waals surface area contributed by atoms with Crippen molar-refractivity contribution in [3.05, 3.63) is 18.2 Å². The molecule has 0 aliphatic carbocycles. The van der Waals surface area contributed by atoms with Crippen LogP contribution in [0.2, 0.25) is 0 Å². The Labute approximate surface area is 100 Å². The fraction of sp³-hybridized carbons (Fsp3) is 0.636. The molecule has 1 N–H and O–H groups in total. The maximum Gasteiger partial charge on any atom is 0.223 e. The smallest absolute Gasteiger partial charge is 0.223 e. The Morgan fingerprint density at radius 3 is 2.38 bits per heavy atom. The Balaban J connectivity index is 2.72. The molecule has 1 atom stereocenters. The summed E-state index contributed by atoms with van der Waals surface area (Å²) in [4.78, 5) is 7.75. The molecular weight excluding hydrogens is 229 g/mol. The first kappa shape index (κ1) is 13.2. The van der Waals surface area contributed by atoms with Gasteiger partial charge in [-0.05, 0) is 11.8 Å². The van der Waals surface area contributed by atoms with Crippen LogP contribution in [0.3, 0.4) is 0 Å². The predicted octanol–water partition coefficient (Wildman–Crippen LogP) is 3.07. The summed E-state index contributed by atoms with van der Waals surface area (Å²) < 4.78 is 12.6. The Morgan fingerprint density at radius 2 is 1.94 bits per heavy atom. The molecule has 1 rings (SSSR count). The number of rotatable bonds is 4. The number of anilines is 1. The van der Waals surface area contributed by atoms with E-state index in [1.165, 1.54) is 0 Å². The SMILES string of the molecule is CC(C)(C)C(CCCl)Nc1ncc(F)cn1. The number of alkyl halides is 1. The van der Waals surface area contributed by atoms with Crippen molar-refractivity contribution in [2.75, 3.05) is 11.2 Å². The van der Waals surface area contributed by atoms with Gasteiger partial charge in [0.05, 0.1) is 12.4 Å². The number of halogens is 2. The molecule has 1 aromatic rings. The second-order valence-electron chi connectivity index (χ2n) is 4.77. The lowest BCUT2D eigenvalue weighted by Gasteiger charge is -2.31. The van der Waals surface area contributed by atoms with Crippen molar-refractivity contribution in [1.82, 2.24) is 9.97 Å². The Morgan fingerprint density at radius 1 is 1.38 bits per heavy atom. The molecule has 0 saturated heterocycles. The van der Waals surface area contributed by atoms with Gasteiger partial charge in [0.15, 0.2) is 5.82 Å². The fourth-order valence-corrected chi connectivity index (χ4v) is 1.59. The summed E-state index contributed by atoms with van der Waals surface area (Å²) in [5.41, 5.74) is 0.0483. The van der Waals surface area contributed by atoms with Crippen molar-refractivity contribution in [3.63, 3.8) is 0 Å². The van der Waals surface area contributed by atoms with Crippen LogP contribution < -0.4 is 5.32 Å². The van der Waals surface area contributed by atoms with E-state index in [0.717, 1.165) is 18.8 Å². The van der Waals surface area contributed by atoms with Gasteiger partial charge < -0.3 is 5.32 Å². The molecule has 3 nitrogen and oxygen atoms in total. The van der Waals surface area contributed by atoms with Crippen LogP contribution in [-0.2, 0) is 0 Å². The third-order valence-electron chi connectivity index (χ3n) is 2.37. The molecule has 1 unspecified atom stereocenters. The van der Waals surface area contributed by atoms with E-state index in [1.54, 1.807) is 0 Å². The summed E-state index contributed by atoms with van der Waals surface area (Å²) in [5.74, 6) is 0.567. The zero-order chi connectivity index (χ0) is 12.2. The number of aromatic nitrogens is 2. The molecule has 0 aliphatic rings. The van der Waals surface area contributed by atoms with E-state index in [2.05, 4.69) is 36.1 Å². The molecule has 0 spiro atoms. The standard InChI is InChI=1S/C11H17ClFN3/c1-11(2,3)9(4-5-12)16-10-14-6-8(13)7-15-10/h6-7,9H,4-5H2,1-3H3,(H,14,15,16). The third kappa shape index (κ3) is 3.93. The highest BCUT2D eigenvalue weighted by molar-refractivity contribution is 6.17. The van der Waals surface area contributed by atoms with E-state index >= 15 is 0 Å². The van der Waals surface area contributed by atoms with Crippen molar-refractivity contribution in [2.24, 2.45) is 5.41 Å². The van der Waals surface area contributed by atoms with Gasteiger partial charge in [-0.3, -0.25) is 0 Å². The zero-order valence-corrected chi connectivity index (χ0v) is 10.6. The summed E-state index contributed by atoms with van der Waals surface area (Å²) in [5, 5.41) is 3.17. The van der Waals surface area contributed by atoms with Gasteiger partial charge in [-0.15, -0.1) is 11.6 Å². The van der Waals surface area contributed by atoms with Gasteiger partial charge in [0, 0.05) is 11.9 Å². The van der Waals surface area contributed by atoms with Gasteiger partial charge in [0.25, 0.3) is 0 Å². The number of nitrogens with one attached hydrogen (secondary N) is 1. The highest BCUT2D eigenvalue weighted by Gasteiger charge is 2.24. The predicted molar refractivity (Wildman–Crippen MR) is 64.2 cm³/mol. The summed E-state index contributed by atoms with van der Waals surface area (Å²) in [6.07, 6.45) is 3.11. The minimum atomic E-state index is -0.435. The minimum Gasteiger partial charge on any atom is -0.351 e. The van der Waals surface area contributed by atoms with Crippen molar-refractivity contribution < 1.29 is 4.39 Å². The molecule has 0 amide bonds. The van der Waals surface area contributed by atoms with E-state index in [0.29, 0.717) is 11.8 Å². The first-order chi connectivity index (χ1) is 7.43. The van der Waals surface area contributed by atoms with Gasteiger partial charge >= 0.3 is 0 Å². The Bertz CT molecular complexity index is 321. The van der Waals surface area contributed by atoms with E-state index in [9.17, 15) is 4.39 Å². The maximum atomic E-state index is 12.6. The van der Waals surface area contributed by atoms with Gasteiger partial charge in [-0.25, -0.2) is 14.4 Å². The lowest BCUT2D eigenvalue weighted by atomic mass is 9.85. The van der Waals surface area contributed by atoms with Gasteiger partial charge in [0.2, 0.25) is 5.95 Å². The lowest BCUT2D eigenvalue weighted by molar-refractivity contribution is 0.333. The molecule has 0 bridgehead atoms. The van der Waals surface area contributed by atoms with Crippen LogP contribution in [0, 0.1) is 11.2 Å². The largest absolute Gasteiger partial charge is 0.351 e. The highest BCUT2D eigenvalue weighted by atomic mass is 35.5. The van der Waals surface area contributed by atoms with Crippen LogP contribution in [0.5, 0.6) is 0 Å². The molecule has 5 heteroatoms. The topological polar surface area (TPSA) is 37.8 Å². The molecule has 1 heterocycles. The second-order valence-corrected chi connectivity index (χ2v) is 5.14. The van der Waals surface area contributed by atoms with Gasteiger partial charge in [-0.1, -0.05) is 20.8 Å². The minimum absolute atomic E-state index is 0.0483. The monoisotopic (exact) mass is 245 g/mol. The van der Waals surface area contributed by atoms with Crippen LogP contribution >= 0.6 is 11.6 Å². The summed E-state index contributed by atoms with van der Waals surface area (Å²) in [7, 11) is 0. The van der Waals surface area contributed by atoms with E-state index in [-0.39, 0.29) is 11.5 Å². The molecular formula is C11H17ClFN3. The molecule has 0 aromatic carbocycles. The number of hydrogen-bond acceptors (Lipinski definition) is 3. The van der Waals surface area contributed by atoms with E-state index in [1.807, 2.05) is 0 Å². The zero-order valence-electron chi connectivity index (χ0n) is 9.80. The third-order valence-corrected chi connectivity index (χ3v) is 2.59. The van der Waals surface area contributed by atoms with Crippen LogP contribution in [0.1, 0.15) is 27.2 Å². The first-order valence-electron chi connectivity index (χ1n) is 5.23. The molecule has 16 heavy (non-hydrogen) atoms. The van der Waals surface area contributed by atoms with Crippen molar-refractivity contribution in [3.8, 4) is 0 Å². The van der Waals surface area contributed by atoms with Gasteiger partial charge in [0.1, 0.15) is 0 Å². The normalized spacial score (nSPS) is 13.6. The summed E-state index contributed by atoms with van der Waals surface area (Å²) in [6, 6.07) is 0.162. The number of hydrogen-bond donors (Lipinski definition) is 1. The molecule has 0 aliphatic heterocycles. The lowest BCUT2D eigenvalue weighted by Crippen LogP contribution is -2.35. The number of nitrogens with zero attached hydrogens (tertiary/aromatic N) is 2. The van der Waals surface area contributed by atoms with Crippen LogP contribution in [0.25, 0.3) is 0 Å². The van der Waals surface area contributed by atoms with Crippen molar-refractivity contribution in [2.45, 2.75) is 33.2 Å². The van der Waals surface area contributed by atoms with E-state index in [4.69, 9.17) is 11.6 Å². The van der Waals surface area contributed by atoms with Crippen molar-refractivity contribution in [1.29, 1.82) is 0 Å². The van der Waals surface area contributed by atoms with E-state index < -0.39 is 5.82 Å². The molecule has 0 saturated carbocycles. The Hall–Kier alpha value is -0.900. The second kappa shape index (κ2) is 5.43. The summed E-state index contributed by atoms with van der Waals surface area (Å²) >= 11 is 5.75. The van der Waals surface area contributed by atoms with Crippen LogP contribution in [0.4, 0.5) is 10.3 Å². The molecule has 1 aromatic heterocycles. The quantitative estimate of drug-likeness (QED) is 0.829. The highest BCUT2D eigenvalue weighted by Crippen LogP contribution is 2.24. The molecule has 0 fully saturated rings. The van der Waals surface area contributed by atoms with Crippen LogP contribution in [0.15, 0.2) is 12.4 Å². The molecule has 90 valence electrons. The maximum absolute atomic E-state index is 12.6.